The van der Waals surface area contributed by atoms with E-state index >= 15 is 0 Å². The van der Waals surface area contributed by atoms with Crippen molar-refractivity contribution in [1.82, 2.24) is 5.32 Å². The molecular weight excluding hydrogens is 353 g/mol. The number of aliphatic imine (C=N–C) groups is 1. The highest BCUT2D eigenvalue weighted by Gasteiger charge is 2.33. The minimum atomic E-state index is -0.592. The van der Waals surface area contributed by atoms with Gasteiger partial charge in [0.25, 0.3) is 0 Å². The molecule has 0 heterocycles. The van der Waals surface area contributed by atoms with Gasteiger partial charge in [0.2, 0.25) is 0 Å². The van der Waals surface area contributed by atoms with Gasteiger partial charge in [-0.15, -0.1) is 24.0 Å². The van der Waals surface area contributed by atoms with Crippen LogP contribution in [-0.4, -0.2) is 29.8 Å². The summed E-state index contributed by atoms with van der Waals surface area (Å²) in [6.45, 7) is 1.18. The highest BCUT2D eigenvalue weighted by atomic mass is 127. The molecule has 0 aromatic heterocycles. The fourth-order valence-corrected chi connectivity index (χ4v) is 2.01. The summed E-state index contributed by atoms with van der Waals surface area (Å²) in [7, 11) is 0. The molecule has 0 radical (unpaired) electrons. The van der Waals surface area contributed by atoms with Gasteiger partial charge in [0, 0.05) is 6.54 Å². The van der Waals surface area contributed by atoms with Crippen LogP contribution in [-0.2, 0) is 6.42 Å². The van der Waals surface area contributed by atoms with E-state index < -0.39 is 5.60 Å². The second-order valence-electron chi connectivity index (χ2n) is 4.94. The summed E-state index contributed by atoms with van der Waals surface area (Å²) in [6.07, 6.45) is 3.69. The molecule has 106 valence electrons. The minimum absolute atomic E-state index is 0. The standard InChI is InChI=1S/C14H21N3O.HI/c15-13(17-11-14(18)8-4-9-14)16-10-7-12-5-2-1-3-6-12;/h1-3,5-6,18H,4,7-11H2,(H3,15,16,17);1H. The summed E-state index contributed by atoms with van der Waals surface area (Å²) in [4.78, 5) is 4.18. The van der Waals surface area contributed by atoms with E-state index in [1.807, 2.05) is 18.2 Å². The van der Waals surface area contributed by atoms with Crippen molar-refractivity contribution in [3.05, 3.63) is 35.9 Å². The average molecular weight is 375 g/mol. The molecule has 0 aliphatic heterocycles. The fourth-order valence-electron chi connectivity index (χ4n) is 2.01. The zero-order valence-corrected chi connectivity index (χ0v) is 13.3. The maximum atomic E-state index is 9.87. The van der Waals surface area contributed by atoms with E-state index in [0.717, 1.165) is 32.2 Å². The smallest absolute Gasteiger partial charge is 0.188 e. The Morgan fingerprint density at radius 2 is 2.00 bits per heavy atom. The van der Waals surface area contributed by atoms with E-state index in [9.17, 15) is 5.11 Å². The molecule has 0 unspecified atom stereocenters. The van der Waals surface area contributed by atoms with Crippen molar-refractivity contribution >= 4 is 29.9 Å². The predicted octanol–water partition coefficient (Wildman–Crippen LogP) is 1.67. The third kappa shape index (κ3) is 5.36. The van der Waals surface area contributed by atoms with Crippen molar-refractivity contribution in [1.29, 1.82) is 0 Å². The monoisotopic (exact) mass is 375 g/mol. The van der Waals surface area contributed by atoms with Crippen LogP contribution in [0.2, 0.25) is 0 Å². The molecule has 5 heteroatoms. The SMILES string of the molecule is I.NC(=NCC1(O)CCC1)NCCc1ccccc1. The molecule has 0 spiro atoms. The molecule has 19 heavy (non-hydrogen) atoms. The highest BCUT2D eigenvalue weighted by Crippen LogP contribution is 2.31. The van der Waals surface area contributed by atoms with Gasteiger partial charge in [-0.05, 0) is 31.2 Å². The molecule has 4 nitrogen and oxygen atoms in total. The molecule has 0 saturated heterocycles. The van der Waals surface area contributed by atoms with E-state index in [4.69, 9.17) is 5.73 Å². The normalized spacial score (nSPS) is 17.2. The second-order valence-corrected chi connectivity index (χ2v) is 4.94. The number of hydrogen-bond donors (Lipinski definition) is 3. The number of guanidine groups is 1. The Morgan fingerprint density at radius 1 is 1.32 bits per heavy atom. The maximum Gasteiger partial charge on any atom is 0.188 e. The zero-order valence-electron chi connectivity index (χ0n) is 11.0. The van der Waals surface area contributed by atoms with Crippen LogP contribution in [0.4, 0.5) is 0 Å². The van der Waals surface area contributed by atoms with Crippen molar-refractivity contribution < 1.29 is 5.11 Å². The average Bonchev–Trinajstić information content (AvgIpc) is 2.35. The molecule has 2 rings (SSSR count). The largest absolute Gasteiger partial charge is 0.388 e. The van der Waals surface area contributed by atoms with Gasteiger partial charge in [-0.25, -0.2) is 0 Å². The number of nitrogens with zero attached hydrogens (tertiary/aromatic N) is 1. The van der Waals surface area contributed by atoms with E-state index in [1.165, 1.54) is 5.56 Å². The van der Waals surface area contributed by atoms with Crippen LogP contribution in [0.25, 0.3) is 0 Å². The van der Waals surface area contributed by atoms with Crippen LogP contribution in [0.3, 0.4) is 0 Å². The second kappa shape index (κ2) is 7.69. The van der Waals surface area contributed by atoms with E-state index in [2.05, 4.69) is 22.4 Å². The van der Waals surface area contributed by atoms with Crippen LogP contribution >= 0.6 is 24.0 Å². The Labute approximate surface area is 131 Å². The Morgan fingerprint density at radius 3 is 2.58 bits per heavy atom. The van der Waals surface area contributed by atoms with Crippen molar-refractivity contribution in [2.24, 2.45) is 10.7 Å². The van der Waals surface area contributed by atoms with Crippen LogP contribution in [0.5, 0.6) is 0 Å². The Bertz CT molecular complexity index is 404. The molecule has 1 aromatic carbocycles. The van der Waals surface area contributed by atoms with Gasteiger partial charge in [-0.2, -0.15) is 0 Å². The van der Waals surface area contributed by atoms with Gasteiger partial charge in [0.1, 0.15) is 0 Å². The van der Waals surface area contributed by atoms with Crippen LogP contribution in [0.15, 0.2) is 35.3 Å². The van der Waals surface area contributed by atoms with E-state index in [1.54, 1.807) is 0 Å². The molecule has 1 saturated carbocycles. The number of rotatable bonds is 5. The summed E-state index contributed by atoms with van der Waals surface area (Å²) >= 11 is 0. The fraction of sp³-hybridized carbons (Fsp3) is 0.500. The number of nitrogens with one attached hydrogen (secondary N) is 1. The molecule has 0 amide bonds. The first-order valence-corrected chi connectivity index (χ1v) is 6.48. The molecule has 0 atom stereocenters. The Balaban J connectivity index is 0.00000180. The summed E-state index contributed by atoms with van der Waals surface area (Å²) < 4.78 is 0. The van der Waals surface area contributed by atoms with Crippen molar-refractivity contribution in [3.8, 4) is 0 Å². The van der Waals surface area contributed by atoms with Crippen molar-refractivity contribution in [2.75, 3.05) is 13.1 Å². The highest BCUT2D eigenvalue weighted by molar-refractivity contribution is 14.0. The van der Waals surface area contributed by atoms with Crippen molar-refractivity contribution in [3.63, 3.8) is 0 Å². The molecular formula is C14H22IN3O. The maximum absolute atomic E-state index is 9.87. The lowest BCUT2D eigenvalue weighted by Crippen LogP contribution is -2.42. The first-order valence-electron chi connectivity index (χ1n) is 6.48. The number of halogens is 1. The van der Waals surface area contributed by atoms with Gasteiger partial charge in [-0.3, -0.25) is 4.99 Å². The van der Waals surface area contributed by atoms with Gasteiger partial charge in [0.05, 0.1) is 12.1 Å². The summed E-state index contributed by atoms with van der Waals surface area (Å²) in [5, 5.41) is 12.9. The lowest BCUT2D eigenvalue weighted by atomic mass is 9.80. The topological polar surface area (TPSA) is 70.6 Å². The molecule has 4 N–H and O–H groups in total. The third-order valence-electron chi connectivity index (χ3n) is 3.39. The third-order valence-corrected chi connectivity index (χ3v) is 3.39. The quantitative estimate of drug-likeness (QED) is 0.417. The summed E-state index contributed by atoms with van der Waals surface area (Å²) in [6, 6.07) is 10.2. The summed E-state index contributed by atoms with van der Waals surface area (Å²) in [5.41, 5.74) is 6.43. The van der Waals surface area contributed by atoms with Gasteiger partial charge in [0.15, 0.2) is 5.96 Å². The first-order chi connectivity index (χ1) is 8.68. The number of benzene rings is 1. The number of nitrogens with two attached hydrogens (primary N) is 1. The van der Waals surface area contributed by atoms with Crippen molar-refractivity contribution in [2.45, 2.75) is 31.3 Å². The first kappa shape index (κ1) is 16.2. The van der Waals surface area contributed by atoms with Crippen LogP contribution in [0, 0.1) is 0 Å². The van der Waals surface area contributed by atoms with Gasteiger partial charge in [-0.1, -0.05) is 30.3 Å². The van der Waals surface area contributed by atoms with Crippen LogP contribution in [0.1, 0.15) is 24.8 Å². The molecule has 1 fully saturated rings. The van der Waals surface area contributed by atoms with Crippen LogP contribution < -0.4 is 11.1 Å². The lowest BCUT2D eigenvalue weighted by molar-refractivity contribution is -0.0235. The molecule has 1 aliphatic rings. The lowest BCUT2D eigenvalue weighted by Gasteiger charge is -2.34. The van der Waals surface area contributed by atoms with E-state index in [0.29, 0.717) is 12.5 Å². The summed E-state index contributed by atoms with van der Waals surface area (Å²) in [5.74, 6) is 0.422. The van der Waals surface area contributed by atoms with E-state index in [-0.39, 0.29) is 24.0 Å². The zero-order chi connectivity index (χ0) is 12.8. The molecule has 1 aliphatic carbocycles. The number of aliphatic hydroxyl groups is 1. The Kier molecular flexibility index (Phi) is 6.57. The Hall–Kier alpha value is -0.820. The molecule has 0 bridgehead atoms. The predicted molar refractivity (Wildman–Crippen MR) is 88.9 cm³/mol. The minimum Gasteiger partial charge on any atom is -0.388 e. The number of hydrogen-bond acceptors (Lipinski definition) is 2. The van der Waals surface area contributed by atoms with Gasteiger partial charge < -0.3 is 16.2 Å². The molecule has 1 aromatic rings. The van der Waals surface area contributed by atoms with Gasteiger partial charge >= 0.3 is 0 Å².